The summed E-state index contributed by atoms with van der Waals surface area (Å²) in [5, 5.41) is 0. The number of hydrogen-bond acceptors (Lipinski definition) is 1. The van der Waals surface area contributed by atoms with Gasteiger partial charge in [0.25, 0.3) is 0 Å². The van der Waals surface area contributed by atoms with E-state index >= 15 is 0 Å². The van der Waals surface area contributed by atoms with E-state index in [9.17, 15) is 0 Å². The molecule has 1 heterocycles. The maximum atomic E-state index is 4.95. The number of ether oxygens (including phenoxy) is 1. The van der Waals surface area contributed by atoms with E-state index in [1.165, 1.54) is 12.8 Å². The Morgan fingerprint density at radius 1 is 1.00 bits per heavy atom. The first kappa shape index (κ1) is 10.5. The van der Waals surface area contributed by atoms with E-state index in [1.807, 2.05) is 0 Å². The van der Waals surface area contributed by atoms with Crippen molar-refractivity contribution in [2.45, 2.75) is 12.8 Å². The summed E-state index contributed by atoms with van der Waals surface area (Å²) in [5.41, 5.74) is 0. The molecule has 1 nitrogen and oxygen atoms in total. The average Bonchev–Trinajstić information content (AvgIpc) is 2.11. The molecule has 0 aromatic heterocycles. The molecule has 0 atom stereocenters. The van der Waals surface area contributed by atoms with Crippen LogP contribution < -0.4 is 0 Å². The number of halogens is 3. The van der Waals surface area contributed by atoms with E-state index in [-0.39, 0.29) is 0 Å². The summed E-state index contributed by atoms with van der Waals surface area (Å²) in [4.78, 5) is 0. The normalized spacial score (nSPS) is 18.3. The predicted molar refractivity (Wildman–Crippen MR) is 37.6 cm³/mol. The molecule has 0 amide bonds. The fraction of sp³-hybridized carbons (Fsp3) is 1.00. The Balaban J connectivity index is 0.000000148. The Hall–Kier alpha value is 1.45. The molecule has 0 saturated carbocycles. The van der Waals surface area contributed by atoms with E-state index in [1.54, 1.807) is 0 Å². The minimum absolute atomic E-state index is 1.00. The second kappa shape index (κ2) is 7.56. The molecule has 0 aromatic carbocycles. The monoisotopic (exact) mass is 279 g/mol. The second-order valence-corrected chi connectivity index (χ2v) is 9.39. The quantitative estimate of drug-likeness (QED) is 0.620. The van der Waals surface area contributed by atoms with Crippen molar-refractivity contribution < 1.29 is 17.7 Å². The van der Waals surface area contributed by atoms with Gasteiger partial charge in [0.05, 0.1) is 0 Å². The van der Waals surface area contributed by atoms with Crippen LogP contribution in [0.4, 0.5) is 0 Å². The Labute approximate surface area is 72.6 Å². The molecule has 0 aromatic rings. The molecule has 0 unspecified atom stereocenters. The van der Waals surface area contributed by atoms with Crippen molar-refractivity contribution in [1.29, 1.82) is 0 Å². The van der Waals surface area contributed by atoms with Gasteiger partial charge in [-0.15, -0.1) is 0 Å². The molecule has 59 valence electrons. The third-order valence-electron chi connectivity index (χ3n) is 0.827. The van der Waals surface area contributed by atoms with Crippen LogP contribution >= 0.6 is 29.1 Å². The fourth-order valence-corrected chi connectivity index (χ4v) is 0.510. The molecule has 5 heteroatoms. The van der Waals surface area contributed by atoms with E-state index in [0.717, 1.165) is 13.2 Å². The van der Waals surface area contributed by atoms with Crippen molar-refractivity contribution >= 4 is 29.1 Å². The molecule has 1 aliphatic rings. The fourth-order valence-electron chi connectivity index (χ4n) is 0.510. The first-order chi connectivity index (χ1) is 4.23. The molecule has 1 fully saturated rings. The third kappa shape index (κ3) is 12.6. The van der Waals surface area contributed by atoms with Gasteiger partial charge < -0.3 is 4.74 Å². The zero-order valence-corrected chi connectivity index (χ0v) is 8.73. The first-order valence-corrected chi connectivity index (χ1v) is 9.19. The van der Waals surface area contributed by atoms with Crippen LogP contribution in [0.2, 0.25) is 0 Å². The topological polar surface area (TPSA) is 9.23 Å². The van der Waals surface area contributed by atoms with Crippen molar-refractivity contribution in [3.63, 3.8) is 0 Å². The Morgan fingerprint density at radius 3 is 1.44 bits per heavy atom. The van der Waals surface area contributed by atoms with Crippen molar-refractivity contribution in [3.05, 3.63) is 0 Å². The van der Waals surface area contributed by atoms with Gasteiger partial charge in [0.2, 0.25) is 0 Å². The van der Waals surface area contributed by atoms with Crippen LogP contribution in [0.1, 0.15) is 12.8 Å². The summed E-state index contributed by atoms with van der Waals surface area (Å²) >= 11 is -1.75. The molecular weight excluding hydrogens is 271 g/mol. The minimum atomic E-state index is -1.75. The first-order valence-electron chi connectivity index (χ1n) is 2.48. The zero-order valence-electron chi connectivity index (χ0n) is 4.72. The summed E-state index contributed by atoms with van der Waals surface area (Å²) in [6.45, 7) is 2.00. The Kier molecular flexibility index (Phi) is 8.78. The van der Waals surface area contributed by atoms with Gasteiger partial charge in [-0.2, -0.15) is 0 Å². The SMILES string of the molecule is C1CCOC1.[Cl][Ru]([Cl])[Cl]. The second-order valence-electron chi connectivity index (χ2n) is 1.47. The molecule has 1 rings (SSSR count). The molecule has 0 radical (unpaired) electrons. The van der Waals surface area contributed by atoms with Gasteiger partial charge in [-0.3, -0.25) is 0 Å². The molecule has 0 bridgehead atoms. The van der Waals surface area contributed by atoms with Crippen molar-refractivity contribution in [2.24, 2.45) is 0 Å². The van der Waals surface area contributed by atoms with Crippen LogP contribution in [0.15, 0.2) is 0 Å². The van der Waals surface area contributed by atoms with Crippen LogP contribution in [-0.2, 0) is 17.7 Å². The summed E-state index contributed by atoms with van der Waals surface area (Å²) in [6.07, 6.45) is 2.56. The van der Waals surface area contributed by atoms with Crippen LogP contribution in [0.25, 0.3) is 0 Å². The van der Waals surface area contributed by atoms with Crippen LogP contribution in [0.3, 0.4) is 0 Å². The molecule has 0 aliphatic carbocycles. The zero-order chi connectivity index (χ0) is 7.11. The molecule has 9 heavy (non-hydrogen) atoms. The third-order valence-corrected chi connectivity index (χ3v) is 0.827. The average molecular weight is 280 g/mol. The molecular formula is C4H8Cl3ORu. The van der Waals surface area contributed by atoms with Gasteiger partial charge in [-0.05, 0) is 12.8 Å². The van der Waals surface area contributed by atoms with E-state index in [4.69, 9.17) is 33.8 Å². The maximum absolute atomic E-state index is 4.95. The van der Waals surface area contributed by atoms with Gasteiger partial charge in [-0.1, -0.05) is 0 Å². The number of rotatable bonds is 0. The van der Waals surface area contributed by atoms with E-state index in [0.29, 0.717) is 0 Å². The van der Waals surface area contributed by atoms with Crippen molar-refractivity contribution in [3.8, 4) is 0 Å². The van der Waals surface area contributed by atoms with Gasteiger partial charge in [0.1, 0.15) is 0 Å². The predicted octanol–water partition coefficient (Wildman–Crippen LogP) is 2.86. The molecule has 1 aliphatic heterocycles. The van der Waals surface area contributed by atoms with Crippen LogP contribution in [0, 0.1) is 0 Å². The Bertz CT molecular complexity index is 47.4. The van der Waals surface area contributed by atoms with Crippen molar-refractivity contribution in [2.75, 3.05) is 13.2 Å². The molecule has 0 N–H and O–H groups in total. The molecule has 0 spiro atoms. The van der Waals surface area contributed by atoms with E-state index < -0.39 is 13.0 Å². The van der Waals surface area contributed by atoms with Gasteiger partial charge in [-0.25, -0.2) is 0 Å². The van der Waals surface area contributed by atoms with Crippen molar-refractivity contribution in [1.82, 2.24) is 0 Å². The van der Waals surface area contributed by atoms with Gasteiger partial charge in [0.15, 0.2) is 0 Å². The summed E-state index contributed by atoms with van der Waals surface area (Å²) in [6, 6.07) is 0. The van der Waals surface area contributed by atoms with E-state index in [2.05, 4.69) is 0 Å². The summed E-state index contributed by atoms with van der Waals surface area (Å²) in [5.74, 6) is 0. The standard InChI is InChI=1S/C4H8O.3ClH.Ru/c1-2-4-5-3-1;;;;/h1-4H2;3*1H;/q;;;;+3/p-3. The van der Waals surface area contributed by atoms with Crippen LogP contribution in [0.5, 0.6) is 0 Å². The van der Waals surface area contributed by atoms with Crippen LogP contribution in [-0.4, -0.2) is 13.2 Å². The van der Waals surface area contributed by atoms with Gasteiger partial charge >= 0.3 is 42.1 Å². The number of hydrogen-bond donors (Lipinski definition) is 0. The van der Waals surface area contributed by atoms with Gasteiger partial charge in [0, 0.05) is 13.2 Å². The summed E-state index contributed by atoms with van der Waals surface area (Å²) < 4.78 is 4.94. The molecule has 1 saturated heterocycles. The Morgan fingerprint density at radius 2 is 1.33 bits per heavy atom. The summed E-state index contributed by atoms with van der Waals surface area (Å²) in [7, 11) is 14.8.